The average Bonchev–Trinajstić information content (AvgIpc) is 2.63. The lowest BCUT2D eigenvalue weighted by molar-refractivity contribution is -0.117. The highest BCUT2D eigenvalue weighted by molar-refractivity contribution is 7.92. The van der Waals surface area contributed by atoms with Crippen molar-refractivity contribution in [2.24, 2.45) is 0 Å². The van der Waals surface area contributed by atoms with E-state index in [9.17, 15) is 13.2 Å². The van der Waals surface area contributed by atoms with E-state index in [0.717, 1.165) is 0 Å². The van der Waals surface area contributed by atoms with E-state index in [1.807, 2.05) is 6.92 Å². The Morgan fingerprint density at radius 1 is 1.32 bits per heavy atom. The molecule has 0 saturated heterocycles. The van der Waals surface area contributed by atoms with Gasteiger partial charge in [-0.3, -0.25) is 9.52 Å². The number of rotatable bonds is 4. The minimum Gasteiger partial charge on any atom is -0.495 e. The third-order valence-electron chi connectivity index (χ3n) is 4.40. The topological polar surface area (TPSA) is 84.9 Å². The van der Waals surface area contributed by atoms with Gasteiger partial charge in [-0.15, -0.1) is 0 Å². The van der Waals surface area contributed by atoms with E-state index < -0.39 is 10.0 Å². The van der Waals surface area contributed by atoms with Gasteiger partial charge in [-0.05, 0) is 43.7 Å². The molecule has 1 heterocycles. The zero-order chi connectivity index (χ0) is 20.6. The monoisotopic (exact) mass is 424 g/mol. The van der Waals surface area contributed by atoms with Gasteiger partial charge in [-0.25, -0.2) is 8.42 Å². The molecule has 9 heteroatoms. The maximum Gasteiger partial charge on any atom is 0.262 e. The summed E-state index contributed by atoms with van der Waals surface area (Å²) >= 11 is 6.08. The third-order valence-corrected chi connectivity index (χ3v) is 6.17. The van der Waals surface area contributed by atoms with Crippen molar-refractivity contribution in [2.75, 3.05) is 23.3 Å². The maximum atomic E-state index is 12.9. The predicted molar refractivity (Wildman–Crippen MR) is 108 cm³/mol. The van der Waals surface area contributed by atoms with Crippen LogP contribution in [0.3, 0.4) is 0 Å². The summed E-state index contributed by atoms with van der Waals surface area (Å²) in [7, 11) is -2.51. The number of amides is 1. The van der Waals surface area contributed by atoms with Crippen LogP contribution in [0.4, 0.5) is 11.4 Å². The number of sulfonamides is 1. The van der Waals surface area contributed by atoms with Gasteiger partial charge in [0.2, 0.25) is 5.91 Å². The molecule has 3 rings (SSSR count). The van der Waals surface area contributed by atoms with Crippen LogP contribution in [0.2, 0.25) is 5.02 Å². The molecule has 0 fully saturated rings. The predicted octanol–water partition coefficient (Wildman–Crippen LogP) is 3.59. The van der Waals surface area contributed by atoms with Crippen LogP contribution in [0.1, 0.15) is 19.4 Å². The van der Waals surface area contributed by atoms with Crippen LogP contribution in [0.25, 0.3) is 0 Å². The Balaban J connectivity index is 2.01. The summed E-state index contributed by atoms with van der Waals surface area (Å²) in [5.74, 6) is 0.585. The molecule has 0 aromatic heterocycles. The highest BCUT2D eigenvalue weighted by Crippen LogP contribution is 2.37. The summed E-state index contributed by atoms with van der Waals surface area (Å²) in [6, 6.07) is 7.57. The molecule has 2 aromatic rings. The Labute approximate surface area is 169 Å². The summed E-state index contributed by atoms with van der Waals surface area (Å²) in [6.45, 7) is 5.40. The van der Waals surface area contributed by atoms with Crippen LogP contribution >= 0.6 is 11.6 Å². The first-order valence-electron chi connectivity index (χ1n) is 8.58. The van der Waals surface area contributed by atoms with Crippen molar-refractivity contribution >= 4 is 38.9 Å². The number of nitrogens with one attached hydrogen (secondary N) is 1. The van der Waals surface area contributed by atoms with Crippen molar-refractivity contribution in [1.82, 2.24) is 0 Å². The summed E-state index contributed by atoms with van der Waals surface area (Å²) in [6.07, 6.45) is -0.182. The van der Waals surface area contributed by atoms with E-state index in [2.05, 4.69) is 4.72 Å². The van der Waals surface area contributed by atoms with Gasteiger partial charge in [0, 0.05) is 18.0 Å². The van der Waals surface area contributed by atoms with E-state index in [-0.39, 0.29) is 22.6 Å². The number of carbonyl (C=O) groups excluding carboxylic acids is 1. The quantitative estimate of drug-likeness (QED) is 0.810. The number of hydrogen-bond donors (Lipinski definition) is 1. The number of hydrogen-bond acceptors (Lipinski definition) is 5. The first-order valence-corrected chi connectivity index (χ1v) is 10.4. The van der Waals surface area contributed by atoms with Crippen LogP contribution in [-0.4, -0.2) is 34.1 Å². The van der Waals surface area contributed by atoms with Gasteiger partial charge in [0.15, 0.2) is 0 Å². The van der Waals surface area contributed by atoms with Crippen molar-refractivity contribution in [2.45, 2.75) is 31.8 Å². The molecule has 7 nitrogen and oxygen atoms in total. The molecule has 0 radical (unpaired) electrons. The lowest BCUT2D eigenvalue weighted by atomic mass is 10.2. The Hall–Kier alpha value is -2.45. The lowest BCUT2D eigenvalue weighted by Gasteiger charge is -2.33. The zero-order valence-electron chi connectivity index (χ0n) is 15.9. The lowest BCUT2D eigenvalue weighted by Crippen LogP contribution is -2.41. The number of methoxy groups -OCH3 is 1. The molecule has 0 saturated carbocycles. The highest BCUT2D eigenvalue weighted by Gasteiger charge is 2.28. The first-order chi connectivity index (χ1) is 13.1. The standard InChI is InChI=1S/C19H21ClN2O5S/c1-11-7-16(19(26-4)9-15(11)20)21-28(24,25)14-5-6-18-17(8-14)22(13(3)23)10-12(2)27-18/h5-9,12,21H,10H2,1-4H3. The summed E-state index contributed by atoms with van der Waals surface area (Å²) < 4.78 is 39.4. The molecule has 2 aromatic carbocycles. The maximum absolute atomic E-state index is 12.9. The molecular weight excluding hydrogens is 404 g/mol. The molecule has 1 N–H and O–H groups in total. The zero-order valence-corrected chi connectivity index (χ0v) is 17.5. The Morgan fingerprint density at radius 3 is 2.68 bits per heavy atom. The number of ether oxygens (including phenoxy) is 2. The largest absolute Gasteiger partial charge is 0.495 e. The van der Waals surface area contributed by atoms with Gasteiger partial charge in [0.05, 0.1) is 29.9 Å². The second-order valence-electron chi connectivity index (χ2n) is 6.59. The Kier molecular flexibility index (Phi) is 5.45. The molecular formula is C19H21ClN2O5S. The highest BCUT2D eigenvalue weighted by atomic mass is 35.5. The third kappa shape index (κ3) is 3.88. The summed E-state index contributed by atoms with van der Waals surface area (Å²) in [5.41, 5.74) is 1.40. The average molecular weight is 425 g/mol. The minimum atomic E-state index is -3.94. The van der Waals surface area contributed by atoms with Crippen LogP contribution in [0.5, 0.6) is 11.5 Å². The molecule has 0 spiro atoms. The molecule has 0 bridgehead atoms. The van der Waals surface area contributed by atoms with Gasteiger partial charge in [-0.1, -0.05) is 11.6 Å². The molecule has 1 aliphatic rings. The number of benzene rings is 2. The number of anilines is 2. The van der Waals surface area contributed by atoms with Gasteiger partial charge >= 0.3 is 0 Å². The fourth-order valence-corrected chi connectivity index (χ4v) is 4.23. The van der Waals surface area contributed by atoms with Gasteiger partial charge in [0.1, 0.15) is 17.6 Å². The van der Waals surface area contributed by atoms with Crippen LogP contribution in [-0.2, 0) is 14.8 Å². The molecule has 1 amide bonds. The normalized spacial score (nSPS) is 16.2. The van der Waals surface area contributed by atoms with Crippen molar-refractivity contribution in [1.29, 1.82) is 0 Å². The summed E-state index contributed by atoms with van der Waals surface area (Å²) in [4.78, 5) is 13.5. The molecule has 0 aliphatic carbocycles. The van der Waals surface area contributed by atoms with Crippen molar-refractivity contribution in [3.8, 4) is 11.5 Å². The number of carbonyl (C=O) groups is 1. The van der Waals surface area contributed by atoms with Crippen molar-refractivity contribution < 1.29 is 22.7 Å². The van der Waals surface area contributed by atoms with E-state index in [4.69, 9.17) is 21.1 Å². The smallest absolute Gasteiger partial charge is 0.262 e. The summed E-state index contributed by atoms with van der Waals surface area (Å²) in [5, 5.41) is 0.469. The van der Waals surface area contributed by atoms with Crippen LogP contribution in [0, 0.1) is 6.92 Å². The van der Waals surface area contributed by atoms with Crippen molar-refractivity contribution in [3.63, 3.8) is 0 Å². The van der Waals surface area contributed by atoms with Crippen molar-refractivity contribution in [3.05, 3.63) is 40.9 Å². The molecule has 1 aliphatic heterocycles. The second kappa shape index (κ2) is 7.52. The Morgan fingerprint density at radius 2 is 2.04 bits per heavy atom. The van der Waals surface area contributed by atoms with E-state index in [1.165, 1.54) is 31.1 Å². The fraction of sp³-hybridized carbons (Fsp3) is 0.316. The number of aryl methyl sites for hydroxylation is 1. The fourth-order valence-electron chi connectivity index (χ4n) is 3.00. The molecule has 28 heavy (non-hydrogen) atoms. The van der Waals surface area contributed by atoms with Gasteiger partial charge in [-0.2, -0.15) is 0 Å². The Bertz CT molecular complexity index is 1040. The number of fused-ring (bicyclic) bond motifs is 1. The molecule has 1 atom stereocenters. The van der Waals surface area contributed by atoms with Crippen LogP contribution < -0.4 is 19.1 Å². The number of nitrogens with zero attached hydrogens (tertiary/aromatic N) is 1. The second-order valence-corrected chi connectivity index (χ2v) is 8.68. The van der Waals surface area contributed by atoms with Gasteiger partial charge in [0.25, 0.3) is 10.0 Å². The SMILES string of the molecule is COc1cc(Cl)c(C)cc1NS(=O)(=O)c1ccc2c(c1)N(C(C)=O)CC(C)O2. The number of halogens is 1. The minimum absolute atomic E-state index is 0.00492. The molecule has 1 unspecified atom stereocenters. The van der Waals surface area contributed by atoms with E-state index >= 15 is 0 Å². The van der Waals surface area contributed by atoms with Gasteiger partial charge < -0.3 is 14.4 Å². The van der Waals surface area contributed by atoms with E-state index in [1.54, 1.807) is 25.1 Å². The van der Waals surface area contributed by atoms with E-state index in [0.29, 0.717) is 34.3 Å². The van der Waals surface area contributed by atoms with Crippen LogP contribution in [0.15, 0.2) is 35.2 Å². The first kappa shape index (κ1) is 20.3. The molecule has 150 valence electrons.